The standard InChI is InChI=1S/C13H15N5S2/c1-7-6-9(11(14)19)16-12(15-7)18-13-17-8-4-2-3-5-10(8)20-13/h6H,2-5H2,1H3,(H2,14,19)(H,15,16,17,18). The van der Waals surface area contributed by atoms with Crippen LogP contribution in [0.5, 0.6) is 0 Å². The van der Waals surface area contributed by atoms with E-state index in [1.165, 1.54) is 23.4 Å². The molecule has 1 aliphatic rings. The van der Waals surface area contributed by atoms with Gasteiger partial charge in [-0.2, -0.15) is 0 Å². The number of nitrogens with one attached hydrogen (secondary N) is 1. The van der Waals surface area contributed by atoms with Crippen molar-refractivity contribution in [3.8, 4) is 0 Å². The first-order chi connectivity index (χ1) is 9.61. The van der Waals surface area contributed by atoms with Gasteiger partial charge in [-0.3, -0.25) is 0 Å². The highest BCUT2D eigenvalue weighted by molar-refractivity contribution is 7.80. The number of aromatic nitrogens is 3. The van der Waals surface area contributed by atoms with Gasteiger partial charge in [0.05, 0.1) is 5.69 Å². The highest BCUT2D eigenvalue weighted by Gasteiger charge is 2.16. The van der Waals surface area contributed by atoms with Gasteiger partial charge in [0.25, 0.3) is 0 Å². The number of fused-ring (bicyclic) bond motifs is 1. The lowest BCUT2D eigenvalue weighted by molar-refractivity contribution is 0.682. The van der Waals surface area contributed by atoms with Gasteiger partial charge in [-0.1, -0.05) is 12.2 Å². The summed E-state index contributed by atoms with van der Waals surface area (Å²) in [7, 11) is 0. The Morgan fingerprint density at radius 2 is 2.10 bits per heavy atom. The largest absolute Gasteiger partial charge is 0.388 e. The molecule has 2 aromatic heterocycles. The fourth-order valence-corrected chi connectivity index (χ4v) is 3.40. The Labute approximate surface area is 126 Å². The Balaban J connectivity index is 1.87. The molecule has 2 heterocycles. The molecular formula is C13H15N5S2. The molecule has 0 saturated carbocycles. The number of nitrogens with two attached hydrogens (primary N) is 1. The molecule has 104 valence electrons. The molecule has 5 nitrogen and oxygen atoms in total. The average molecular weight is 305 g/mol. The lowest BCUT2D eigenvalue weighted by Crippen LogP contribution is -2.13. The zero-order chi connectivity index (χ0) is 14.1. The monoisotopic (exact) mass is 305 g/mol. The summed E-state index contributed by atoms with van der Waals surface area (Å²) in [6.45, 7) is 1.89. The normalized spacial score (nSPS) is 13.8. The van der Waals surface area contributed by atoms with E-state index in [2.05, 4.69) is 20.3 Å². The fraction of sp³-hybridized carbons (Fsp3) is 0.385. The highest BCUT2D eigenvalue weighted by atomic mass is 32.1. The van der Waals surface area contributed by atoms with Gasteiger partial charge in [0.2, 0.25) is 5.95 Å². The predicted octanol–water partition coefficient (Wildman–Crippen LogP) is 2.50. The molecule has 0 bridgehead atoms. The number of thiocarbonyl (C=S) groups is 1. The number of hydrogen-bond donors (Lipinski definition) is 2. The summed E-state index contributed by atoms with van der Waals surface area (Å²) in [5.74, 6) is 0.499. The Bertz CT molecular complexity index is 641. The fourth-order valence-electron chi connectivity index (χ4n) is 2.25. The van der Waals surface area contributed by atoms with Crippen LogP contribution in [0.4, 0.5) is 11.1 Å². The first-order valence-electron chi connectivity index (χ1n) is 6.53. The van der Waals surface area contributed by atoms with Gasteiger partial charge in [0.1, 0.15) is 10.7 Å². The van der Waals surface area contributed by atoms with Gasteiger partial charge in [-0.15, -0.1) is 11.3 Å². The first kappa shape index (κ1) is 13.4. The second-order valence-electron chi connectivity index (χ2n) is 4.80. The molecule has 0 atom stereocenters. The lowest BCUT2D eigenvalue weighted by atomic mass is 10.0. The summed E-state index contributed by atoms with van der Waals surface area (Å²) in [5, 5.41) is 4.01. The Morgan fingerprint density at radius 3 is 2.85 bits per heavy atom. The van der Waals surface area contributed by atoms with E-state index in [4.69, 9.17) is 18.0 Å². The third-order valence-corrected chi connectivity index (χ3v) is 4.45. The summed E-state index contributed by atoms with van der Waals surface area (Å²) in [6, 6.07) is 1.78. The lowest BCUT2D eigenvalue weighted by Gasteiger charge is -2.06. The van der Waals surface area contributed by atoms with Gasteiger partial charge < -0.3 is 11.1 Å². The van der Waals surface area contributed by atoms with Crippen molar-refractivity contribution in [2.24, 2.45) is 5.73 Å². The summed E-state index contributed by atoms with van der Waals surface area (Å²) in [4.78, 5) is 14.9. The van der Waals surface area contributed by atoms with Crippen LogP contribution < -0.4 is 11.1 Å². The van der Waals surface area contributed by atoms with Crippen molar-refractivity contribution in [3.05, 3.63) is 28.0 Å². The van der Waals surface area contributed by atoms with E-state index in [-0.39, 0.29) is 4.99 Å². The van der Waals surface area contributed by atoms with Crippen LogP contribution >= 0.6 is 23.6 Å². The van der Waals surface area contributed by atoms with Gasteiger partial charge in [0.15, 0.2) is 5.13 Å². The van der Waals surface area contributed by atoms with Crippen molar-refractivity contribution in [3.63, 3.8) is 0 Å². The molecule has 0 aliphatic heterocycles. The van der Waals surface area contributed by atoms with Crippen molar-refractivity contribution < 1.29 is 0 Å². The van der Waals surface area contributed by atoms with Crippen molar-refractivity contribution in [1.82, 2.24) is 15.0 Å². The van der Waals surface area contributed by atoms with Gasteiger partial charge in [-0.25, -0.2) is 15.0 Å². The zero-order valence-electron chi connectivity index (χ0n) is 11.1. The average Bonchev–Trinajstić information content (AvgIpc) is 2.79. The van der Waals surface area contributed by atoms with E-state index < -0.39 is 0 Å². The molecule has 3 N–H and O–H groups in total. The van der Waals surface area contributed by atoms with Crippen LogP contribution in [-0.4, -0.2) is 19.9 Å². The van der Waals surface area contributed by atoms with E-state index in [0.717, 1.165) is 23.7 Å². The summed E-state index contributed by atoms with van der Waals surface area (Å²) < 4.78 is 0. The number of anilines is 2. The van der Waals surface area contributed by atoms with E-state index in [0.29, 0.717) is 11.6 Å². The van der Waals surface area contributed by atoms with Crippen LogP contribution in [0, 0.1) is 6.92 Å². The molecule has 1 aliphatic carbocycles. The molecular weight excluding hydrogens is 290 g/mol. The van der Waals surface area contributed by atoms with Gasteiger partial charge in [0, 0.05) is 10.6 Å². The van der Waals surface area contributed by atoms with Crippen LogP contribution in [0.1, 0.15) is 34.8 Å². The van der Waals surface area contributed by atoms with Crippen molar-refractivity contribution in [2.75, 3.05) is 5.32 Å². The molecule has 0 aromatic carbocycles. The summed E-state index contributed by atoms with van der Waals surface area (Å²) >= 11 is 6.65. The summed E-state index contributed by atoms with van der Waals surface area (Å²) in [6.07, 6.45) is 4.67. The van der Waals surface area contributed by atoms with Gasteiger partial charge in [-0.05, 0) is 38.7 Å². The SMILES string of the molecule is Cc1cc(C(N)=S)nc(Nc2nc3c(s2)CCCC3)n1. The zero-order valence-corrected chi connectivity index (χ0v) is 12.8. The van der Waals surface area contributed by atoms with Crippen molar-refractivity contribution in [1.29, 1.82) is 0 Å². The highest BCUT2D eigenvalue weighted by Crippen LogP contribution is 2.30. The van der Waals surface area contributed by atoms with E-state index in [1.54, 1.807) is 17.4 Å². The minimum atomic E-state index is 0.275. The maximum Gasteiger partial charge on any atom is 0.229 e. The second-order valence-corrected chi connectivity index (χ2v) is 6.33. The maximum absolute atomic E-state index is 5.62. The van der Waals surface area contributed by atoms with E-state index >= 15 is 0 Å². The molecule has 0 saturated heterocycles. The van der Waals surface area contributed by atoms with Crippen LogP contribution in [0.15, 0.2) is 6.07 Å². The van der Waals surface area contributed by atoms with Crippen LogP contribution in [0.25, 0.3) is 0 Å². The van der Waals surface area contributed by atoms with Crippen LogP contribution in [0.3, 0.4) is 0 Å². The minimum absolute atomic E-state index is 0.275. The van der Waals surface area contributed by atoms with Crippen LogP contribution in [-0.2, 0) is 12.8 Å². The van der Waals surface area contributed by atoms with Gasteiger partial charge >= 0.3 is 0 Å². The second kappa shape index (κ2) is 5.41. The molecule has 20 heavy (non-hydrogen) atoms. The maximum atomic E-state index is 5.62. The molecule has 2 aromatic rings. The molecule has 0 unspecified atom stereocenters. The van der Waals surface area contributed by atoms with Crippen molar-refractivity contribution in [2.45, 2.75) is 32.6 Å². The molecule has 0 spiro atoms. The molecule has 0 radical (unpaired) electrons. The molecule has 3 rings (SSSR count). The predicted molar refractivity (Wildman–Crippen MR) is 84.7 cm³/mol. The smallest absolute Gasteiger partial charge is 0.229 e. The molecule has 0 amide bonds. The van der Waals surface area contributed by atoms with E-state index in [9.17, 15) is 0 Å². The number of rotatable bonds is 3. The molecule has 0 fully saturated rings. The molecule has 7 heteroatoms. The number of aryl methyl sites for hydroxylation is 3. The minimum Gasteiger partial charge on any atom is -0.388 e. The Hall–Kier alpha value is -1.60. The van der Waals surface area contributed by atoms with Crippen LogP contribution in [0.2, 0.25) is 0 Å². The van der Waals surface area contributed by atoms with Crippen molar-refractivity contribution >= 4 is 39.6 Å². The Morgan fingerprint density at radius 1 is 1.30 bits per heavy atom. The third kappa shape index (κ3) is 2.78. The summed E-state index contributed by atoms with van der Waals surface area (Å²) in [5.41, 5.74) is 8.24. The first-order valence-corrected chi connectivity index (χ1v) is 7.75. The number of thiazole rings is 1. The Kier molecular flexibility index (Phi) is 3.62. The third-order valence-electron chi connectivity index (χ3n) is 3.17. The number of nitrogens with zero attached hydrogens (tertiary/aromatic N) is 3. The van der Waals surface area contributed by atoms with E-state index in [1.807, 2.05) is 6.92 Å². The number of hydrogen-bond acceptors (Lipinski definition) is 6. The quantitative estimate of drug-likeness (QED) is 0.849. The topological polar surface area (TPSA) is 76.7 Å².